The van der Waals surface area contributed by atoms with E-state index in [2.05, 4.69) is 9.71 Å². The van der Waals surface area contributed by atoms with E-state index in [4.69, 9.17) is 18.0 Å². The number of nitrogens with one attached hydrogen (secondary N) is 2. The minimum absolute atomic E-state index is 0.0254. The average molecular weight is 343 g/mol. The van der Waals surface area contributed by atoms with Crippen LogP contribution in [0.5, 0.6) is 0 Å². The Kier molecular flexibility index (Phi) is 4.57. The molecule has 0 atom stereocenters. The molecule has 0 radical (unpaired) electrons. The van der Waals surface area contributed by atoms with E-state index in [1.54, 1.807) is 24.4 Å². The van der Waals surface area contributed by atoms with Crippen molar-refractivity contribution in [3.05, 3.63) is 50.1 Å². The van der Waals surface area contributed by atoms with Crippen molar-refractivity contribution in [2.24, 2.45) is 5.73 Å². The van der Waals surface area contributed by atoms with Gasteiger partial charge in [0.15, 0.2) is 0 Å². The summed E-state index contributed by atoms with van der Waals surface area (Å²) in [7, 11) is -3.67. The SMILES string of the molecule is Cc1cc(C(N)=S)ccc1S(=O)(=O)NCc1csc(=O)[nH]1. The number of benzene rings is 1. The van der Waals surface area contributed by atoms with E-state index < -0.39 is 10.0 Å². The van der Waals surface area contributed by atoms with Crippen LogP contribution in [0.1, 0.15) is 16.8 Å². The summed E-state index contributed by atoms with van der Waals surface area (Å²) in [5.74, 6) is 0. The first kappa shape index (κ1) is 15.8. The van der Waals surface area contributed by atoms with Crippen LogP contribution in [0.15, 0.2) is 33.3 Å². The van der Waals surface area contributed by atoms with Crippen LogP contribution in [0.2, 0.25) is 0 Å². The summed E-state index contributed by atoms with van der Waals surface area (Å²) in [5.41, 5.74) is 7.19. The highest BCUT2D eigenvalue weighted by Gasteiger charge is 2.17. The molecule has 0 amide bonds. The molecule has 0 aliphatic heterocycles. The van der Waals surface area contributed by atoms with Gasteiger partial charge in [-0.25, -0.2) is 13.1 Å². The number of thiazole rings is 1. The smallest absolute Gasteiger partial charge is 0.304 e. The summed E-state index contributed by atoms with van der Waals surface area (Å²) in [6.07, 6.45) is 0. The predicted octanol–water partition coefficient (Wildman–Crippen LogP) is 0.858. The van der Waals surface area contributed by atoms with E-state index >= 15 is 0 Å². The second-order valence-electron chi connectivity index (χ2n) is 4.34. The zero-order chi connectivity index (χ0) is 15.6. The molecule has 21 heavy (non-hydrogen) atoms. The van der Waals surface area contributed by atoms with Crippen LogP contribution in [-0.2, 0) is 16.6 Å². The number of sulfonamides is 1. The van der Waals surface area contributed by atoms with E-state index in [1.807, 2.05) is 0 Å². The average Bonchev–Trinajstić information content (AvgIpc) is 2.82. The quantitative estimate of drug-likeness (QED) is 0.698. The number of aryl methyl sites for hydroxylation is 1. The Balaban J connectivity index is 2.23. The van der Waals surface area contributed by atoms with Crippen molar-refractivity contribution >= 4 is 38.6 Å². The maximum absolute atomic E-state index is 12.3. The minimum Gasteiger partial charge on any atom is -0.389 e. The van der Waals surface area contributed by atoms with Crippen molar-refractivity contribution < 1.29 is 8.42 Å². The van der Waals surface area contributed by atoms with Gasteiger partial charge in [0, 0.05) is 16.6 Å². The molecule has 4 N–H and O–H groups in total. The molecule has 2 rings (SSSR count). The predicted molar refractivity (Wildman–Crippen MR) is 86.0 cm³/mol. The van der Waals surface area contributed by atoms with Crippen molar-refractivity contribution in [1.29, 1.82) is 0 Å². The molecule has 0 bridgehead atoms. The summed E-state index contributed by atoms with van der Waals surface area (Å²) < 4.78 is 26.9. The molecule has 0 saturated carbocycles. The lowest BCUT2D eigenvalue weighted by molar-refractivity contribution is 0.580. The Hall–Kier alpha value is -1.55. The van der Waals surface area contributed by atoms with Gasteiger partial charge in [0.25, 0.3) is 0 Å². The lowest BCUT2D eigenvalue weighted by atomic mass is 10.1. The number of H-pyrrole nitrogens is 1. The first-order valence-electron chi connectivity index (χ1n) is 5.86. The molecule has 1 heterocycles. The molecule has 0 unspecified atom stereocenters. The molecule has 9 heteroatoms. The highest BCUT2D eigenvalue weighted by Crippen LogP contribution is 2.17. The van der Waals surface area contributed by atoms with Crippen LogP contribution in [0.4, 0.5) is 0 Å². The van der Waals surface area contributed by atoms with Gasteiger partial charge in [0.1, 0.15) is 4.99 Å². The molecular weight excluding hydrogens is 330 g/mol. The molecule has 1 aromatic carbocycles. The largest absolute Gasteiger partial charge is 0.389 e. The van der Waals surface area contributed by atoms with Crippen molar-refractivity contribution in [3.63, 3.8) is 0 Å². The fourth-order valence-corrected chi connectivity index (χ4v) is 3.69. The molecule has 0 aliphatic carbocycles. The zero-order valence-electron chi connectivity index (χ0n) is 11.0. The number of aromatic nitrogens is 1. The Labute approximate surface area is 131 Å². The van der Waals surface area contributed by atoms with Gasteiger partial charge in [-0.2, -0.15) is 0 Å². The Morgan fingerprint density at radius 1 is 1.48 bits per heavy atom. The molecule has 0 saturated heterocycles. The van der Waals surface area contributed by atoms with Gasteiger partial charge in [-0.15, -0.1) is 0 Å². The number of nitrogens with two attached hydrogens (primary N) is 1. The summed E-state index contributed by atoms with van der Waals surface area (Å²) in [6, 6.07) is 4.66. The van der Waals surface area contributed by atoms with Crippen LogP contribution >= 0.6 is 23.6 Å². The van der Waals surface area contributed by atoms with Gasteiger partial charge in [-0.3, -0.25) is 4.79 Å². The first-order valence-corrected chi connectivity index (χ1v) is 8.63. The van der Waals surface area contributed by atoms with E-state index in [0.29, 0.717) is 16.8 Å². The zero-order valence-corrected chi connectivity index (χ0v) is 13.5. The van der Waals surface area contributed by atoms with E-state index in [1.165, 1.54) is 6.07 Å². The standard InChI is InChI=1S/C12H13N3O3S3/c1-7-4-8(11(13)19)2-3-10(7)21(17,18)14-5-9-6-20-12(16)15-9/h2-4,6,14H,5H2,1H3,(H2,13,19)(H,15,16). The summed E-state index contributed by atoms with van der Waals surface area (Å²) in [6.45, 7) is 1.69. The lowest BCUT2D eigenvalue weighted by Gasteiger charge is -2.10. The van der Waals surface area contributed by atoms with Crippen LogP contribution in [0.25, 0.3) is 0 Å². The maximum atomic E-state index is 12.3. The Morgan fingerprint density at radius 3 is 2.71 bits per heavy atom. The molecule has 0 spiro atoms. The van der Waals surface area contributed by atoms with Crippen molar-refractivity contribution in [1.82, 2.24) is 9.71 Å². The first-order chi connectivity index (χ1) is 9.79. The monoisotopic (exact) mass is 343 g/mol. The van der Waals surface area contributed by atoms with E-state index in [0.717, 1.165) is 11.3 Å². The number of hydrogen-bond acceptors (Lipinski definition) is 5. The fraction of sp³-hybridized carbons (Fsp3) is 0.167. The van der Waals surface area contributed by atoms with Crippen LogP contribution in [0.3, 0.4) is 0 Å². The van der Waals surface area contributed by atoms with Gasteiger partial charge < -0.3 is 10.7 Å². The van der Waals surface area contributed by atoms with Crippen LogP contribution in [0, 0.1) is 6.92 Å². The van der Waals surface area contributed by atoms with E-state index in [9.17, 15) is 13.2 Å². The molecule has 0 fully saturated rings. The highest BCUT2D eigenvalue weighted by molar-refractivity contribution is 7.89. The fourth-order valence-electron chi connectivity index (χ4n) is 1.76. The normalized spacial score (nSPS) is 11.5. The molecule has 0 aliphatic rings. The topological polar surface area (TPSA) is 105 Å². The van der Waals surface area contributed by atoms with Crippen molar-refractivity contribution in [3.8, 4) is 0 Å². The summed E-state index contributed by atoms with van der Waals surface area (Å²) >= 11 is 5.84. The number of hydrogen-bond donors (Lipinski definition) is 3. The lowest BCUT2D eigenvalue weighted by Crippen LogP contribution is -2.24. The van der Waals surface area contributed by atoms with Gasteiger partial charge in [0.05, 0.1) is 11.4 Å². The highest BCUT2D eigenvalue weighted by atomic mass is 32.2. The van der Waals surface area contributed by atoms with Gasteiger partial charge >= 0.3 is 4.87 Å². The van der Waals surface area contributed by atoms with E-state index in [-0.39, 0.29) is 21.3 Å². The molecule has 112 valence electrons. The summed E-state index contributed by atoms with van der Waals surface area (Å²) in [4.78, 5) is 13.7. The summed E-state index contributed by atoms with van der Waals surface area (Å²) in [5, 5.41) is 1.58. The molecule has 6 nitrogen and oxygen atoms in total. The Bertz CT molecular complexity index is 837. The second-order valence-corrected chi connectivity index (χ2v) is 7.36. The third-order valence-corrected chi connectivity index (χ3v) is 5.29. The van der Waals surface area contributed by atoms with Crippen molar-refractivity contribution in [2.75, 3.05) is 0 Å². The maximum Gasteiger partial charge on any atom is 0.304 e. The number of aromatic amines is 1. The number of thiocarbonyl (C=S) groups is 1. The number of rotatable bonds is 5. The van der Waals surface area contributed by atoms with Gasteiger partial charge in [0.2, 0.25) is 10.0 Å². The minimum atomic E-state index is -3.67. The van der Waals surface area contributed by atoms with Crippen LogP contribution in [-0.4, -0.2) is 18.4 Å². The third-order valence-electron chi connectivity index (χ3n) is 2.77. The molecular formula is C12H13N3O3S3. The molecule has 1 aromatic heterocycles. The van der Waals surface area contributed by atoms with Crippen molar-refractivity contribution in [2.45, 2.75) is 18.4 Å². The van der Waals surface area contributed by atoms with Crippen LogP contribution < -0.4 is 15.3 Å². The van der Waals surface area contributed by atoms with Gasteiger partial charge in [-0.1, -0.05) is 29.6 Å². The second kappa shape index (κ2) is 6.06. The third kappa shape index (κ3) is 3.76. The van der Waals surface area contributed by atoms with Gasteiger partial charge in [-0.05, 0) is 24.6 Å². The Morgan fingerprint density at radius 2 is 2.19 bits per heavy atom. The molecule has 2 aromatic rings.